The third kappa shape index (κ3) is 4.46. The summed E-state index contributed by atoms with van der Waals surface area (Å²) in [6, 6.07) is 4.72. The Hall–Kier alpha value is -0.590. The first-order chi connectivity index (χ1) is 8.59. The van der Waals surface area contributed by atoms with Crippen LogP contribution in [0.2, 0.25) is 5.02 Å². The van der Waals surface area contributed by atoms with E-state index >= 15 is 0 Å². The van der Waals surface area contributed by atoms with Crippen molar-refractivity contribution in [2.75, 3.05) is 26.2 Å². The van der Waals surface area contributed by atoms with Gasteiger partial charge >= 0.3 is 0 Å². The van der Waals surface area contributed by atoms with Crippen LogP contribution < -0.4 is 5.32 Å². The van der Waals surface area contributed by atoms with Gasteiger partial charge in [0.2, 0.25) is 0 Å². The van der Waals surface area contributed by atoms with E-state index in [9.17, 15) is 10.1 Å². The summed E-state index contributed by atoms with van der Waals surface area (Å²) < 4.78 is 0. The minimum absolute atomic E-state index is 0. The van der Waals surface area contributed by atoms with Crippen molar-refractivity contribution in [2.24, 2.45) is 0 Å². The summed E-state index contributed by atoms with van der Waals surface area (Å²) in [7, 11) is 0. The fourth-order valence-electron chi connectivity index (χ4n) is 2.23. The smallest absolute Gasteiger partial charge is 0.269 e. The van der Waals surface area contributed by atoms with Crippen LogP contribution in [0.15, 0.2) is 18.2 Å². The van der Waals surface area contributed by atoms with E-state index in [0.717, 1.165) is 31.7 Å². The van der Waals surface area contributed by atoms with Crippen molar-refractivity contribution in [3.8, 4) is 0 Å². The number of hydrogen-bond acceptors (Lipinski definition) is 4. The zero-order valence-electron chi connectivity index (χ0n) is 11.0. The molecule has 8 heteroatoms. The Kier molecular flexibility index (Phi) is 8.39. The van der Waals surface area contributed by atoms with Crippen molar-refractivity contribution in [3.05, 3.63) is 38.9 Å². The molecule has 2 rings (SSSR count). The molecule has 1 aliphatic rings. The van der Waals surface area contributed by atoms with Crippen LogP contribution in [0.25, 0.3) is 0 Å². The standard InChI is InChI=1S/C12H16ClN3O2.2ClH/c1-9(15-6-4-14-5-7-15)11-8-10(16(17)18)2-3-12(11)13;;/h2-3,8-9,14H,4-7H2,1H3;2*1H/t9-;;/m0../s1. The molecular formula is C12H18Cl3N3O2. The van der Waals surface area contributed by atoms with E-state index < -0.39 is 0 Å². The van der Waals surface area contributed by atoms with Gasteiger partial charge in [-0.3, -0.25) is 15.0 Å². The molecule has 0 bridgehead atoms. The quantitative estimate of drug-likeness (QED) is 0.677. The Morgan fingerprint density at radius 3 is 2.50 bits per heavy atom. The maximum atomic E-state index is 10.8. The number of piperazine rings is 1. The summed E-state index contributed by atoms with van der Waals surface area (Å²) in [6.45, 7) is 5.78. The highest BCUT2D eigenvalue weighted by atomic mass is 35.5. The Morgan fingerprint density at radius 1 is 1.35 bits per heavy atom. The van der Waals surface area contributed by atoms with E-state index in [-0.39, 0.29) is 41.5 Å². The van der Waals surface area contributed by atoms with Crippen molar-refractivity contribution >= 4 is 42.1 Å². The number of nitrogens with zero attached hydrogens (tertiary/aromatic N) is 2. The van der Waals surface area contributed by atoms with Gasteiger partial charge < -0.3 is 5.32 Å². The number of benzene rings is 1. The molecule has 1 heterocycles. The van der Waals surface area contributed by atoms with Gasteiger partial charge in [0.15, 0.2) is 0 Å². The van der Waals surface area contributed by atoms with Crippen molar-refractivity contribution in [2.45, 2.75) is 13.0 Å². The highest BCUT2D eigenvalue weighted by Gasteiger charge is 2.21. The van der Waals surface area contributed by atoms with E-state index in [4.69, 9.17) is 11.6 Å². The largest absolute Gasteiger partial charge is 0.314 e. The molecule has 0 unspecified atom stereocenters. The molecular weight excluding hydrogens is 325 g/mol. The summed E-state index contributed by atoms with van der Waals surface area (Å²) in [5.74, 6) is 0. The number of halogens is 3. The van der Waals surface area contributed by atoms with Crippen molar-refractivity contribution in [1.82, 2.24) is 10.2 Å². The lowest BCUT2D eigenvalue weighted by Gasteiger charge is -2.33. The second kappa shape index (κ2) is 8.64. The summed E-state index contributed by atoms with van der Waals surface area (Å²) in [4.78, 5) is 12.7. The molecule has 1 aromatic rings. The van der Waals surface area contributed by atoms with Gasteiger partial charge in [0.05, 0.1) is 4.92 Å². The van der Waals surface area contributed by atoms with E-state index in [2.05, 4.69) is 10.2 Å². The summed E-state index contributed by atoms with van der Waals surface area (Å²) in [5.41, 5.74) is 0.921. The molecule has 0 radical (unpaired) electrons. The normalized spacial score (nSPS) is 16.7. The molecule has 0 amide bonds. The Balaban J connectivity index is 0.00000180. The lowest BCUT2D eigenvalue weighted by atomic mass is 10.1. The van der Waals surface area contributed by atoms with Gasteiger partial charge in [0.25, 0.3) is 5.69 Å². The van der Waals surface area contributed by atoms with Gasteiger partial charge in [-0.25, -0.2) is 0 Å². The fraction of sp³-hybridized carbons (Fsp3) is 0.500. The van der Waals surface area contributed by atoms with Crippen LogP contribution in [0.5, 0.6) is 0 Å². The third-order valence-electron chi connectivity index (χ3n) is 3.34. The predicted molar refractivity (Wildman–Crippen MR) is 85.5 cm³/mol. The molecule has 0 spiro atoms. The van der Waals surface area contributed by atoms with Crippen LogP contribution in [0, 0.1) is 10.1 Å². The number of hydrogen-bond donors (Lipinski definition) is 1. The van der Waals surface area contributed by atoms with E-state index in [1.54, 1.807) is 12.1 Å². The number of non-ortho nitro benzene ring substituents is 1. The second-order valence-corrected chi connectivity index (χ2v) is 4.83. The predicted octanol–water partition coefficient (Wildman–Crippen LogP) is 3.06. The number of nitro groups is 1. The molecule has 1 aromatic carbocycles. The molecule has 0 saturated carbocycles. The maximum Gasteiger partial charge on any atom is 0.269 e. The first kappa shape index (κ1) is 19.4. The van der Waals surface area contributed by atoms with Gasteiger partial charge in [-0.1, -0.05) is 11.6 Å². The fourth-order valence-corrected chi connectivity index (χ4v) is 2.51. The molecule has 20 heavy (non-hydrogen) atoms. The van der Waals surface area contributed by atoms with Crippen LogP contribution >= 0.6 is 36.4 Å². The van der Waals surface area contributed by atoms with E-state index in [1.165, 1.54) is 6.07 Å². The highest BCUT2D eigenvalue weighted by Crippen LogP contribution is 2.30. The van der Waals surface area contributed by atoms with Crippen LogP contribution in [0.3, 0.4) is 0 Å². The van der Waals surface area contributed by atoms with Crippen LogP contribution in [0.4, 0.5) is 5.69 Å². The van der Waals surface area contributed by atoms with E-state index in [0.29, 0.717) is 5.02 Å². The third-order valence-corrected chi connectivity index (χ3v) is 3.68. The number of nitro benzene ring substituents is 1. The van der Waals surface area contributed by atoms with Gasteiger partial charge in [-0.05, 0) is 18.6 Å². The average molecular weight is 343 g/mol. The summed E-state index contributed by atoms with van der Waals surface area (Å²) in [6.07, 6.45) is 0. The van der Waals surface area contributed by atoms with Gasteiger partial charge in [0, 0.05) is 49.4 Å². The van der Waals surface area contributed by atoms with Crippen molar-refractivity contribution < 1.29 is 4.92 Å². The lowest BCUT2D eigenvalue weighted by Crippen LogP contribution is -2.44. The van der Waals surface area contributed by atoms with Crippen molar-refractivity contribution in [1.29, 1.82) is 0 Å². The highest BCUT2D eigenvalue weighted by molar-refractivity contribution is 6.31. The second-order valence-electron chi connectivity index (χ2n) is 4.42. The topological polar surface area (TPSA) is 58.4 Å². The average Bonchev–Trinajstić information content (AvgIpc) is 2.39. The van der Waals surface area contributed by atoms with Crippen LogP contribution in [-0.2, 0) is 0 Å². The number of rotatable bonds is 3. The minimum atomic E-state index is -0.385. The molecule has 0 aromatic heterocycles. The maximum absolute atomic E-state index is 10.8. The first-order valence-electron chi connectivity index (χ1n) is 5.98. The SMILES string of the molecule is C[C@@H](c1cc([N+](=O)[O-])ccc1Cl)N1CCNCC1.Cl.Cl. The lowest BCUT2D eigenvalue weighted by molar-refractivity contribution is -0.384. The molecule has 1 fully saturated rings. The molecule has 114 valence electrons. The Labute approximate surface area is 135 Å². The zero-order chi connectivity index (χ0) is 13.1. The molecule has 1 aliphatic heterocycles. The summed E-state index contributed by atoms with van der Waals surface area (Å²) >= 11 is 6.15. The molecule has 0 aliphatic carbocycles. The molecule has 5 nitrogen and oxygen atoms in total. The van der Waals surface area contributed by atoms with Gasteiger partial charge in [-0.15, -0.1) is 24.8 Å². The Morgan fingerprint density at radius 2 is 1.95 bits per heavy atom. The van der Waals surface area contributed by atoms with Crippen LogP contribution in [0.1, 0.15) is 18.5 Å². The number of nitrogens with one attached hydrogen (secondary N) is 1. The molecule has 1 atom stereocenters. The monoisotopic (exact) mass is 341 g/mol. The van der Waals surface area contributed by atoms with Gasteiger partial charge in [-0.2, -0.15) is 0 Å². The zero-order valence-corrected chi connectivity index (χ0v) is 13.4. The Bertz CT molecular complexity index is 454. The van der Waals surface area contributed by atoms with Gasteiger partial charge in [0.1, 0.15) is 0 Å². The minimum Gasteiger partial charge on any atom is -0.314 e. The summed E-state index contributed by atoms with van der Waals surface area (Å²) in [5, 5.41) is 14.7. The molecule has 1 N–H and O–H groups in total. The molecule has 1 saturated heterocycles. The van der Waals surface area contributed by atoms with E-state index in [1.807, 2.05) is 6.92 Å². The first-order valence-corrected chi connectivity index (χ1v) is 6.36. The van der Waals surface area contributed by atoms with Crippen molar-refractivity contribution in [3.63, 3.8) is 0 Å². The van der Waals surface area contributed by atoms with Crippen LogP contribution in [-0.4, -0.2) is 36.0 Å².